The lowest BCUT2D eigenvalue weighted by Crippen LogP contribution is -2.42. The van der Waals surface area contributed by atoms with Crippen molar-refractivity contribution < 1.29 is 9.59 Å². The van der Waals surface area contributed by atoms with E-state index < -0.39 is 0 Å². The smallest absolute Gasteiger partial charge is 0.251 e. The van der Waals surface area contributed by atoms with Gasteiger partial charge in [0.05, 0.1) is 6.04 Å². The molecule has 158 valence electrons. The Balaban J connectivity index is 1.46. The van der Waals surface area contributed by atoms with Crippen molar-refractivity contribution in [2.75, 3.05) is 31.1 Å². The lowest BCUT2D eigenvalue weighted by molar-refractivity contribution is -0.116. The molecule has 0 spiro atoms. The first-order valence-electron chi connectivity index (χ1n) is 11.0. The molecule has 2 aromatic carbocycles. The van der Waals surface area contributed by atoms with Crippen molar-refractivity contribution in [3.8, 4) is 0 Å². The predicted molar refractivity (Wildman–Crippen MR) is 120 cm³/mol. The van der Waals surface area contributed by atoms with Gasteiger partial charge in [-0.1, -0.05) is 37.3 Å². The summed E-state index contributed by atoms with van der Waals surface area (Å²) in [5.74, 6) is 0.770. The number of anilines is 1. The molecule has 0 radical (unpaired) electrons. The van der Waals surface area contributed by atoms with Crippen LogP contribution in [0.15, 0.2) is 48.5 Å². The van der Waals surface area contributed by atoms with Crippen molar-refractivity contribution in [3.63, 3.8) is 0 Å². The van der Waals surface area contributed by atoms with Crippen LogP contribution in [0.3, 0.4) is 0 Å². The average Bonchev–Trinajstić information content (AvgIpc) is 3.19. The second-order valence-electron chi connectivity index (χ2n) is 8.62. The molecule has 0 aromatic heterocycles. The van der Waals surface area contributed by atoms with Crippen LogP contribution in [-0.4, -0.2) is 42.9 Å². The van der Waals surface area contributed by atoms with Gasteiger partial charge in [-0.2, -0.15) is 0 Å². The average molecular weight is 406 g/mol. The van der Waals surface area contributed by atoms with Crippen LogP contribution in [0.5, 0.6) is 0 Å². The van der Waals surface area contributed by atoms with Gasteiger partial charge in [0.2, 0.25) is 5.91 Å². The molecule has 1 atom stereocenters. The van der Waals surface area contributed by atoms with Crippen LogP contribution in [0.1, 0.15) is 54.2 Å². The van der Waals surface area contributed by atoms with Crippen molar-refractivity contribution in [1.82, 2.24) is 10.2 Å². The number of amides is 2. The number of nitrogens with one attached hydrogen (secondary N) is 1. The van der Waals surface area contributed by atoms with Gasteiger partial charge in [-0.25, -0.2) is 0 Å². The molecule has 2 aromatic rings. The highest BCUT2D eigenvalue weighted by Gasteiger charge is 2.26. The van der Waals surface area contributed by atoms with Gasteiger partial charge in [0.1, 0.15) is 0 Å². The van der Waals surface area contributed by atoms with Gasteiger partial charge in [0.25, 0.3) is 5.91 Å². The standard InChI is InChI=1S/C25H31N3O2/c1-18-10-13-27(14-11-18)24(20-6-4-3-5-7-20)17-26-25(30)22-8-9-23-21(16-22)12-15-28(23)19(2)29/h3-9,16,18,24H,10-15,17H2,1-2H3,(H,26,30). The van der Waals surface area contributed by atoms with Crippen LogP contribution in [-0.2, 0) is 11.2 Å². The summed E-state index contributed by atoms with van der Waals surface area (Å²) >= 11 is 0. The number of hydrogen-bond acceptors (Lipinski definition) is 3. The van der Waals surface area contributed by atoms with Gasteiger partial charge in [-0.15, -0.1) is 0 Å². The van der Waals surface area contributed by atoms with E-state index in [9.17, 15) is 9.59 Å². The Hall–Kier alpha value is -2.66. The Morgan fingerprint density at radius 2 is 1.80 bits per heavy atom. The van der Waals surface area contributed by atoms with E-state index in [4.69, 9.17) is 0 Å². The molecule has 1 N–H and O–H groups in total. The molecule has 30 heavy (non-hydrogen) atoms. The van der Waals surface area contributed by atoms with Gasteiger partial charge in [-0.3, -0.25) is 14.5 Å². The maximum atomic E-state index is 12.9. The van der Waals surface area contributed by atoms with Crippen LogP contribution in [0.25, 0.3) is 0 Å². The van der Waals surface area contributed by atoms with Gasteiger partial charge in [-0.05, 0) is 67.6 Å². The zero-order valence-electron chi connectivity index (χ0n) is 17.9. The zero-order valence-corrected chi connectivity index (χ0v) is 17.9. The van der Waals surface area contributed by atoms with Crippen molar-refractivity contribution in [2.24, 2.45) is 5.92 Å². The van der Waals surface area contributed by atoms with Gasteiger partial charge >= 0.3 is 0 Å². The molecule has 4 rings (SSSR count). The second kappa shape index (κ2) is 9.00. The Morgan fingerprint density at radius 1 is 1.07 bits per heavy atom. The summed E-state index contributed by atoms with van der Waals surface area (Å²) in [5, 5.41) is 3.17. The van der Waals surface area contributed by atoms with Crippen molar-refractivity contribution >= 4 is 17.5 Å². The third-order valence-corrected chi connectivity index (χ3v) is 6.52. The van der Waals surface area contributed by atoms with Crippen molar-refractivity contribution in [2.45, 2.75) is 39.2 Å². The molecule has 2 aliphatic rings. The van der Waals surface area contributed by atoms with E-state index >= 15 is 0 Å². The first kappa shape index (κ1) is 20.6. The normalized spacial score (nSPS) is 18.1. The van der Waals surface area contributed by atoms with Crippen molar-refractivity contribution in [3.05, 3.63) is 65.2 Å². The number of carbonyl (C=O) groups excluding carboxylic acids is 2. The first-order chi connectivity index (χ1) is 14.5. The van der Waals surface area contributed by atoms with Crippen LogP contribution < -0.4 is 10.2 Å². The molecule has 0 aliphatic carbocycles. The lowest BCUT2D eigenvalue weighted by atomic mass is 9.95. The van der Waals surface area contributed by atoms with Gasteiger partial charge < -0.3 is 10.2 Å². The minimum atomic E-state index is -0.0506. The van der Waals surface area contributed by atoms with Crippen LogP contribution in [0.4, 0.5) is 5.69 Å². The second-order valence-corrected chi connectivity index (χ2v) is 8.62. The molecular formula is C25H31N3O2. The minimum Gasteiger partial charge on any atom is -0.350 e. The van der Waals surface area contributed by atoms with E-state index in [1.54, 1.807) is 11.8 Å². The molecule has 1 fully saturated rings. The number of carbonyl (C=O) groups is 2. The number of benzene rings is 2. The first-order valence-corrected chi connectivity index (χ1v) is 11.0. The highest BCUT2D eigenvalue weighted by molar-refractivity contribution is 5.97. The largest absolute Gasteiger partial charge is 0.350 e. The highest BCUT2D eigenvalue weighted by Crippen LogP contribution is 2.29. The molecular weight excluding hydrogens is 374 g/mol. The number of likely N-dealkylation sites (tertiary alicyclic amines) is 1. The summed E-state index contributed by atoms with van der Waals surface area (Å²) < 4.78 is 0. The Labute approximate surface area is 179 Å². The number of piperidine rings is 1. The summed E-state index contributed by atoms with van der Waals surface area (Å²) in [7, 11) is 0. The highest BCUT2D eigenvalue weighted by atomic mass is 16.2. The fourth-order valence-corrected chi connectivity index (χ4v) is 4.63. The fraction of sp³-hybridized carbons (Fsp3) is 0.440. The van der Waals surface area contributed by atoms with E-state index in [2.05, 4.69) is 41.4 Å². The predicted octanol–water partition coefficient (Wildman–Crippen LogP) is 3.80. The SMILES string of the molecule is CC(=O)N1CCc2cc(C(=O)NCC(c3ccccc3)N3CCC(C)CC3)ccc21. The molecule has 1 unspecified atom stereocenters. The number of fused-ring (bicyclic) bond motifs is 1. The molecule has 5 heteroatoms. The number of rotatable bonds is 5. The molecule has 2 heterocycles. The van der Waals surface area contributed by atoms with Gasteiger partial charge in [0.15, 0.2) is 0 Å². The fourth-order valence-electron chi connectivity index (χ4n) is 4.63. The van der Waals surface area contributed by atoms with Crippen LogP contribution in [0, 0.1) is 5.92 Å². The Bertz CT molecular complexity index is 904. The lowest BCUT2D eigenvalue weighted by Gasteiger charge is -2.37. The van der Waals surface area contributed by atoms with E-state index in [0.29, 0.717) is 18.7 Å². The quantitative estimate of drug-likeness (QED) is 0.823. The molecule has 0 bridgehead atoms. The minimum absolute atomic E-state index is 0.0486. The maximum absolute atomic E-state index is 12.9. The topological polar surface area (TPSA) is 52.7 Å². The molecule has 2 aliphatic heterocycles. The number of hydrogen-bond donors (Lipinski definition) is 1. The van der Waals surface area contributed by atoms with E-state index in [-0.39, 0.29) is 17.9 Å². The summed E-state index contributed by atoms with van der Waals surface area (Å²) in [6, 6.07) is 16.3. The van der Waals surface area contributed by atoms with Crippen LogP contribution >= 0.6 is 0 Å². The van der Waals surface area contributed by atoms with E-state index in [0.717, 1.165) is 36.7 Å². The molecule has 2 amide bonds. The third-order valence-electron chi connectivity index (χ3n) is 6.52. The van der Waals surface area contributed by atoms with E-state index in [1.807, 2.05) is 24.3 Å². The van der Waals surface area contributed by atoms with Crippen LogP contribution in [0.2, 0.25) is 0 Å². The molecule has 5 nitrogen and oxygen atoms in total. The Kier molecular flexibility index (Phi) is 6.18. The monoisotopic (exact) mass is 405 g/mol. The van der Waals surface area contributed by atoms with Crippen molar-refractivity contribution in [1.29, 1.82) is 0 Å². The molecule has 0 saturated carbocycles. The number of nitrogens with zero attached hydrogens (tertiary/aromatic N) is 2. The molecule has 1 saturated heterocycles. The summed E-state index contributed by atoms with van der Waals surface area (Å²) in [5.41, 5.74) is 3.92. The van der Waals surface area contributed by atoms with Gasteiger partial charge in [0, 0.05) is 31.3 Å². The maximum Gasteiger partial charge on any atom is 0.251 e. The summed E-state index contributed by atoms with van der Waals surface area (Å²) in [6.45, 7) is 7.32. The van der Waals surface area contributed by atoms with E-state index in [1.165, 1.54) is 18.4 Å². The summed E-state index contributed by atoms with van der Waals surface area (Å²) in [6.07, 6.45) is 3.21. The zero-order chi connectivity index (χ0) is 21.1. The third kappa shape index (κ3) is 4.41. The summed E-state index contributed by atoms with van der Waals surface area (Å²) in [4.78, 5) is 29.0. The Morgan fingerprint density at radius 3 is 2.50 bits per heavy atom.